The van der Waals surface area contributed by atoms with Gasteiger partial charge in [-0.25, -0.2) is 14.3 Å². The molecule has 0 aliphatic rings. The summed E-state index contributed by atoms with van der Waals surface area (Å²) in [5.41, 5.74) is 0.755. The van der Waals surface area contributed by atoms with Crippen LogP contribution in [-0.4, -0.2) is 21.2 Å². The smallest absolute Gasteiger partial charge is 0.421 e. The zero-order chi connectivity index (χ0) is 13.3. The third kappa shape index (κ3) is 2.21. The van der Waals surface area contributed by atoms with Crippen LogP contribution in [0.2, 0.25) is 0 Å². The first-order valence-electron chi connectivity index (χ1n) is 5.60. The Balaban J connectivity index is 2.56. The van der Waals surface area contributed by atoms with Crippen LogP contribution in [0.1, 0.15) is 26.6 Å². The molecule has 0 unspecified atom stereocenters. The zero-order valence-corrected chi connectivity index (χ0v) is 10.6. The molecule has 0 bridgehead atoms. The van der Waals surface area contributed by atoms with Gasteiger partial charge in [-0.15, -0.1) is 6.42 Å². The molecule has 0 fully saturated rings. The Morgan fingerprint density at radius 2 is 2.06 bits per heavy atom. The quantitative estimate of drug-likeness (QED) is 0.667. The van der Waals surface area contributed by atoms with Crippen LogP contribution in [0.25, 0.3) is 11.0 Å². The Labute approximate surface area is 106 Å². The van der Waals surface area contributed by atoms with E-state index in [2.05, 4.69) is 10.9 Å². The third-order valence-electron chi connectivity index (χ3n) is 2.27. The molecular formula is C14H14N2O2. The second-order valence-corrected chi connectivity index (χ2v) is 4.88. The molecular weight excluding hydrogens is 228 g/mol. The summed E-state index contributed by atoms with van der Waals surface area (Å²) in [5, 5.41) is 0. The average Bonchev–Trinajstić information content (AvgIpc) is 2.64. The third-order valence-corrected chi connectivity index (χ3v) is 2.27. The van der Waals surface area contributed by atoms with E-state index in [9.17, 15) is 4.79 Å². The molecule has 0 atom stereocenters. The number of para-hydroxylation sites is 2. The molecule has 1 aromatic carbocycles. The minimum atomic E-state index is -0.575. The summed E-state index contributed by atoms with van der Waals surface area (Å²) in [4.78, 5) is 16.3. The van der Waals surface area contributed by atoms with Crippen LogP contribution in [-0.2, 0) is 4.74 Å². The fraction of sp³-hybridized carbons (Fsp3) is 0.286. The normalized spacial score (nSPS) is 11.2. The van der Waals surface area contributed by atoms with Crippen molar-refractivity contribution in [3.05, 3.63) is 30.1 Å². The van der Waals surface area contributed by atoms with E-state index in [4.69, 9.17) is 11.2 Å². The minimum Gasteiger partial charge on any atom is -0.443 e. The molecule has 0 amide bonds. The van der Waals surface area contributed by atoms with Crippen molar-refractivity contribution < 1.29 is 9.53 Å². The number of fused-ring (bicyclic) bond motifs is 1. The van der Waals surface area contributed by atoms with E-state index in [1.807, 2.05) is 12.1 Å². The van der Waals surface area contributed by atoms with E-state index in [-0.39, 0.29) is 5.82 Å². The van der Waals surface area contributed by atoms with Crippen LogP contribution < -0.4 is 0 Å². The fourth-order valence-electron chi connectivity index (χ4n) is 1.62. The van der Waals surface area contributed by atoms with Crippen LogP contribution in [0, 0.1) is 12.3 Å². The predicted molar refractivity (Wildman–Crippen MR) is 69.3 cm³/mol. The molecule has 0 saturated heterocycles. The number of nitrogens with zero attached hydrogens (tertiary/aromatic N) is 2. The molecule has 0 aliphatic carbocycles. The zero-order valence-electron chi connectivity index (χ0n) is 10.6. The molecule has 92 valence electrons. The van der Waals surface area contributed by atoms with Crippen LogP contribution >= 0.6 is 0 Å². The van der Waals surface area contributed by atoms with Gasteiger partial charge in [0.1, 0.15) is 5.60 Å². The topological polar surface area (TPSA) is 44.1 Å². The van der Waals surface area contributed by atoms with Crippen LogP contribution in [0.15, 0.2) is 24.3 Å². The summed E-state index contributed by atoms with van der Waals surface area (Å²) >= 11 is 0. The van der Waals surface area contributed by atoms with E-state index in [1.54, 1.807) is 32.9 Å². The number of hydrogen-bond acceptors (Lipinski definition) is 3. The molecule has 2 rings (SSSR count). The molecule has 4 heteroatoms. The number of aromatic nitrogens is 2. The van der Waals surface area contributed by atoms with Gasteiger partial charge >= 0.3 is 6.09 Å². The number of imidazole rings is 1. The number of carbonyl (C=O) groups is 1. The van der Waals surface area contributed by atoms with Crippen molar-refractivity contribution in [1.29, 1.82) is 0 Å². The van der Waals surface area contributed by atoms with E-state index >= 15 is 0 Å². The predicted octanol–water partition coefficient (Wildman–Crippen LogP) is 2.80. The summed E-state index contributed by atoms with van der Waals surface area (Å²) in [5.74, 6) is 2.66. The van der Waals surface area contributed by atoms with Crippen molar-refractivity contribution in [2.45, 2.75) is 26.4 Å². The maximum absolute atomic E-state index is 12.1. The van der Waals surface area contributed by atoms with E-state index in [0.29, 0.717) is 11.0 Å². The van der Waals surface area contributed by atoms with Gasteiger partial charge < -0.3 is 4.74 Å². The van der Waals surface area contributed by atoms with Gasteiger partial charge in [-0.1, -0.05) is 12.1 Å². The molecule has 0 aliphatic heterocycles. The maximum Gasteiger partial charge on any atom is 0.421 e. The lowest BCUT2D eigenvalue weighted by Gasteiger charge is -2.19. The van der Waals surface area contributed by atoms with Gasteiger partial charge in [0.2, 0.25) is 0 Å². The van der Waals surface area contributed by atoms with E-state index in [0.717, 1.165) is 0 Å². The molecule has 1 aromatic heterocycles. The highest BCUT2D eigenvalue weighted by molar-refractivity contribution is 5.88. The Morgan fingerprint density at radius 3 is 2.67 bits per heavy atom. The standard InChI is InChI=1S/C14H14N2O2/c1-5-12-15-10-8-6-7-9-11(10)16(12)13(17)18-14(2,3)4/h1,6-9H,2-4H3. The lowest BCUT2D eigenvalue weighted by Crippen LogP contribution is -2.27. The van der Waals surface area contributed by atoms with Crippen molar-refractivity contribution in [3.63, 3.8) is 0 Å². The monoisotopic (exact) mass is 242 g/mol. The summed E-state index contributed by atoms with van der Waals surface area (Å²) < 4.78 is 6.64. The molecule has 18 heavy (non-hydrogen) atoms. The summed E-state index contributed by atoms with van der Waals surface area (Å²) in [6.45, 7) is 5.42. The molecule has 2 aromatic rings. The van der Waals surface area contributed by atoms with Gasteiger partial charge in [0.15, 0.2) is 5.82 Å². The first-order chi connectivity index (χ1) is 8.42. The van der Waals surface area contributed by atoms with Gasteiger partial charge in [0.25, 0.3) is 0 Å². The molecule has 0 N–H and O–H groups in total. The molecule has 0 spiro atoms. The first kappa shape index (κ1) is 12.2. The highest BCUT2D eigenvalue weighted by Gasteiger charge is 2.22. The van der Waals surface area contributed by atoms with Crippen molar-refractivity contribution in [1.82, 2.24) is 9.55 Å². The van der Waals surface area contributed by atoms with Crippen LogP contribution in [0.5, 0.6) is 0 Å². The Morgan fingerprint density at radius 1 is 1.39 bits per heavy atom. The Kier molecular flexibility index (Phi) is 2.84. The van der Waals surface area contributed by atoms with Gasteiger partial charge in [-0.3, -0.25) is 0 Å². The van der Waals surface area contributed by atoms with Gasteiger partial charge in [-0.05, 0) is 38.8 Å². The van der Waals surface area contributed by atoms with Crippen molar-refractivity contribution in [2.24, 2.45) is 0 Å². The van der Waals surface area contributed by atoms with Crippen molar-refractivity contribution in [3.8, 4) is 12.3 Å². The lowest BCUT2D eigenvalue weighted by molar-refractivity contribution is 0.0542. The van der Waals surface area contributed by atoms with E-state index in [1.165, 1.54) is 4.57 Å². The summed E-state index contributed by atoms with van der Waals surface area (Å²) in [6.07, 6.45) is 4.86. The lowest BCUT2D eigenvalue weighted by atomic mass is 10.2. The summed E-state index contributed by atoms with van der Waals surface area (Å²) in [6, 6.07) is 7.25. The minimum absolute atomic E-state index is 0.255. The molecule has 0 saturated carbocycles. The number of terminal acetylenes is 1. The maximum atomic E-state index is 12.1. The largest absolute Gasteiger partial charge is 0.443 e. The summed E-state index contributed by atoms with van der Waals surface area (Å²) in [7, 11) is 0. The van der Waals surface area contributed by atoms with Gasteiger partial charge in [-0.2, -0.15) is 0 Å². The van der Waals surface area contributed by atoms with E-state index < -0.39 is 11.7 Å². The SMILES string of the molecule is C#Cc1nc2ccccc2n1C(=O)OC(C)(C)C. The van der Waals surface area contributed by atoms with Crippen LogP contribution in [0.3, 0.4) is 0 Å². The molecule has 0 radical (unpaired) electrons. The Hall–Kier alpha value is -2.28. The fourth-order valence-corrected chi connectivity index (χ4v) is 1.62. The van der Waals surface area contributed by atoms with Crippen molar-refractivity contribution in [2.75, 3.05) is 0 Å². The van der Waals surface area contributed by atoms with Gasteiger partial charge in [0.05, 0.1) is 11.0 Å². The number of carbonyl (C=O) groups excluding carboxylic acids is 1. The Bertz CT molecular complexity index is 642. The van der Waals surface area contributed by atoms with Crippen LogP contribution in [0.4, 0.5) is 4.79 Å². The molecule has 4 nitrogen and oxygen atoms in total. The van der Waals surface area contributed by atoms with Crippen molar-refractivity contribution >= 4 is 17.1 Å². The second kappa shape index (κ2) is 4.19. The number of ether oxygens (including phenoxy) is 1. The number of benzene rings is 1. The second-order valence-electron chi connectivity index (χ2n) is 4.88. The number of rotatable bonds is 0. The first-order valence-corrected chi connectivity index (χ1v) is 5.60. The molecule has 1 heterocycles. The van der Waals surface area contributed by atoms with Gasteiger partial charge in [0, 0.05) is 0 Å². The highest BCUT2D eigenvalue weighted by Crippen LogP contribution is 2.18. The average molecular weight is 242 g/mol. The highest BCUT2D eigenvalue weighted by atomic mass is 16.6. The number of hydrogen-bond donors (Lipinski definition) is 0.